The molecule has 0 aliphatic carbocycles. The van der Waals surface area contributed by atoms with Gasteiger partial charge in [-0.05, 0) is 55.5 Å². The van der Waals surface area contributed by atoms with E-state index in [1.165, 1.54) is 6.92 Å². The Morgan fingerprint density at radius 1 is 0.875 bits per heavy atom. The number of amides is 1. The number of nitrogens with one attached hydrogen (secondary N) is 1. The summed E-state index contributed by atoms with van der Waals surface area (Å²) in [6.45, 7) is 1.50. The highest BCUT2D eigenvalue weighted by atomic mass is 16.1. The van der Waals surface area contributed by atoms with E-state index in [-0.39, 0.29) is 11.7 Å². The smallest absolute Gasteiger partial charge is 0.257 e. The van der Waals surface area contributed by atoms with Crippen LogP contribution in [-0.4, -0.2) is 21.7 Å². The van der Waals surface area contributed by atoms with Gasteiger partial charge >= 0.3 is 0 Å². The Kier molecular flexibility index (Phi) is 4.43. The van der Waals surface area contributed by atoms with Crippen molar-refractivity contribution in [1.82, 2.24) is 9.97 Å². The number of aromatic nitrogens is 2. The molecule has 0 unspecified atom stereocenters. The van der Waals surface area contributed by atoms with Crippen LogP contribution in [0.4, 0.5) is 5.69 Å². The van der Waals surface area contributed by atoms with Crippen molar-refractivity contribution in [2.75, 3.05) is 5.32 Å². The van der Waals surface area contributed by atoms with Gasteiger partial charge in [-0.2, -0.15) is 0 Å². The van der Waals surface area contributed by atoms with Crippen LogP contribution in [0, 0.1) is 0 Å². The Morgan fingerprint density at radius 3 is 2.29 bits per heavy atom. The Bertz CT molecular complexity index is 875. The van der Waals surface area contributed by atoms with E-state index >= 15 is 0 Å². The van der Waals surface area contributed by atoms with Crippen molar-refractivity contribution < 1.29 is 9.59 Å². The number of hydrogen-bond donors (Lipinski definition) is 1. The first kappa shape index (κ1) is 15.6. The average Bonchev–Trinajstić information content (AvgIpc) is 2.63. The summed E-state index contributed by atoms with van der Waals surface area (Å²) in [6.07, 6.45) is 3.29. The maximum absolute atomic E-state index is 12.6. The molecule has 0 fully saturated rings. The molecule has 5 heteroatoms. The SMILES string of the molecule is CC(=O)c1ccc(NC(=O)c2cccnc2-c2ccccn2)cc1. The molecule has 2 aromatic heterocycles. The molecule has 0 spiro atoms. The third-order valence-electron chi connectivity index (χ3n) is 3.51. The monoisotopic (exact) mass is 317 g/mol. The fourth-order valence-electron chi connectivity index (χ4n) is 2.28. The number of rotatable bonds is 4. The van der Waals surface area contributed by atoms with Crippen molar-refractivity contribution in [3.8, 4) is 11.4 Å². The summed E-state index contributed by atoms with van der Waals surface area (Å²) in [7, 11) is 0. The maximum atomic E-state index is 12.6. The highest BCUT2D eigenvalue weighted by molar-refractivity contribution is 6.08. The highest BCUT2D eigenvalue weighted by Crippen LogP contribution is 2.20. The van der Waals surface area contributed by atoms with E-state index in [2.05, 4.69) is 15.3 Å². The van der Waals surface area contributed by atoms with Gasteiger partial charge in [0.1, 0.15) is 5.69 Å². The summed E-state index contributed by atoms with van der Waals surface area (Å²) in [5, 5.41) is 2.82. The fourth-order valence-corrected chi connectivity index (χ4v) is 2.28. The van der Waals surface area contributed by atoms with Crippen LogP contribution in [0.1, 0.15) is 27.6 Å². The Balaban J connectivity index is 1.87. The lowest BCUT2D eigenvalue weighted by Crippen LogP contribution is -2.14. The number of anilines is 1. The Hall–Kier alpha value is -3.34. The van der Waals surface area contributed by atoms with Gasteiger partial charge in [0.05, 0.1) is 11.3 Å². The van der Waals surface area contributed by atoms with E-state index in [9.17, 15) is 9.59 Å². The number of benzene rings is 1. The zero-order chi connectivity index (χ0) is 16.9. The minimum Gasteiger partial charge on any atom is -0.322 e. The number of Topliss-reactive ketones (excluding diaryl/α,β-unsaturated/α-hetero) is 1. The first-order valence-corrected chi connectivity index (χ1v) is 7.44. The molecular formula is C19H15N3O2. The Labute approximate surface area is 139 Å². The lowest BCUT2D eigenvalue weighted by Gasteiger charge is -2.09. The molecule has 0 aliphatic heterocycles. The number of hydrogen-bond acceptors (Lipinski definition) is 4. The molecule has 0 aliphatic rings. The number of ketones is 1. The predicted octanol–water partition coefficient (Wildman–Crippen LogP) is 3.60. The molecule has 0 atom stereocenters. The minimum absolute atomic E-state index is 0.0161. The van der Waals surface area contributed by atoms with Crippen molar-refractivity contribution >= 4 is 17.4 Å². The van der Waals surface area contributed by atoms with Crippen molar-refractivity contribution in [2.45, 2.75) is 6.92 Å². The summed E-state index contributed by atoms with van der Waals surface area (Å²) in [4.78, 5) is 32.4. The van der Waals surface area contributed by atoms with E-state index in [4.69, 9.17) is 0 Å². The molecule has 1 N–H and O–H groups in total. The molecule has 0 saturated carbocycles. The second-order valence-electron chi connectivity index (χ2n) is 5.20. The maximum Gasteiger partial charge on any atom is 0.257 e. The molecule has 2 heterocycles. The minimum atomic E-state index is -0.278. The van der Waals surface area contributed by atoms with Crippen LogP contribution >= 0.6 is 0 Å². The molecule has 0 saturated heterocycles. The zero-order valence-electron chi connectivity index (χ0n) is 13.1. The first-order valence-electron chi connectivity index (χ1n) is 7.44. The molecule has 5 nitrogen and oxygen atoms in total. The van der Waals surface area contributed by atoms with Gasteiger partial charge in [0, 0.05) is 23.6 Å². The van der Waals surface area contributed by atoms with Crippen LogP contribution in [0.3, 0.4) is 0 Å². The number of carbonyl (C=O) groups is 2. The molecule has 3 rings (SSSR count). The van der Waals surface area contributed by atoms with Crippen LogP contribution in [0.5, 0.6) is 0 Å². The topological polar surface area (TPSA) is 72.0 Å². The van der Waals surface area contributed by atoms with Crippen molar-refractivity contribution in [3.63, 3.8) is 0 Å². The lowest BCUT2D eigenvalue weighted by atomic mass is 10.1. The molecular weight excluding hydrogens is 302 g/mol. The van der Waals surface area contributed by atoms with Crippen molar-refractivity contribution in [3.05, 3.63) is 78.1 Å². The summed E-state index contributed by atoms with van der Waals surface area (Å²) in [5.74, 6) is -0.295. The molecule has 1 aromatic carbocycles. The second kappa shape index (κ2) is 6.83. The van der Waals surface area contributed by atoms with Crippen LogP contribution in [0.25, 0.3) is 11.4 Å². The number of pyridine rings is 2. The van der Waals surface area contributed by atoms with Crippen molar-refractivity contribution in [2.24, 2.45) is 0 Å². The fraction of sp³-hybridized carbons (Fsp3) is 0.0526. The third kappa shape index (κ3) is 3.35. The summed E-state index contributed by atoms with van der Waals surface area (Å²) < 4.78 is 0. The van der Waals surface area contributed by atoms with Gasteiger partial charge in [-0.3, -0.25) is 19.6 Å². The quantitative estimate of drug-likeness (QED) is 0.746. The molecule has 3 aromatic rings. The van der Waals surface area contributed by atoms with E-state index in [0.29, 0.717) is 28.2 Å². The van der Waals surface area contributed by atoms with Gasteiger partial charge in [0.15, 0.2) is 5.78 Å². The predicted molar refractivity (Wildman–Crippen MR) is 91.9 cm³/mol. The van der Waals surface area contributed by atoms with Gasteiger partial charge in [-0.15, -0.1) is 0 Å². The molecule has 118 valence electrons. The zero-order valence-corrected chi connectivity index (χ0v) is 13.1. The van der Waals surface area contributed by atoms with Crippen LogP contribution in [0.15, 0.2) is 67.0 Å². The molecule has 0 radical (unpaired) electrons. The van der Waals surface area contributed by atoms with Crippen LogP contribution in [0.2, 0.25) is 0 Å². The van der Waals surface area contributed by atoms with Gasteiger partial charge in [-0.25, -0.2) is 0 Å². The van der Waals surface area contributed by atoms with E-state index in [0.717, 1.165) is 0 Å². The molecule has 0 bridgehead atoms. The molecule has 24 heavy (non-hydrogen) atoms. The average molecular weight is 317 g/mol. The standard InChI is InChI=1S/C19H15N3O2/c1-13(23)14-7-9-15(10-8-14)22-19(24)16-5-4-12-21-18(16)17-6-2-3-11-20-17/h2-12H,1H3,(H,22,24). The summed E-state index contributed by atoms with van der Waals surface area (Å²) in [5.41, 5.74) is 2.81. The largest absolute Gasteiger partial charge is 0.322 e. The van der Waals surface area contributed by atoms with Gasteiger partial charge in [0.2, 0.25) is 0 Å². The van der Waals surface area contributed by atoms with E-state index in [1.54, 1.807) is 54.9 Å². The van der Waals surface area contributed by atoms with Crippen molar-refractivity contribution in [1.29, 1.82) is 0 Å². The second-order valence-corrected chi connectivity index (χ2v) is 5.20. The summed E-state index contributed by atoms with van der Waals surface area (Å²) in [6, 6.07) is 15.6. The van der Waals surface area contributed by atoms with E-state index in [1.807, 2.05) is 12.1 Å². The third-order valence-corrected chi connectivity index (χ3v) is 3.51. The normalized spacial score (nSPS) is 10.2. The molecule has 1 amide bonds. The van der Waals surface area contributed by atoms with Gasteiger partial charge in [-0.1, -0.05) is 6.07 Å². The number of nitrogens with zero attached hydrogens (tertiary/aromatic N) is 2. The van der Waals surface area contributed by atoms with Gasteiger partial charge in [0.25, 0.3) is 5.91 Å². The highest BCUT2D eigenvalue weighted by Gasteiger charge is 2.14. The van der Waals surface area contributed by atoms with E-state index < -0.39 is 0 Å². The first-order chi connectivity index (χ1) is 11.6. The van der Waals surface area contributed by atoms with Crippen LogP contribution < -0.4 is 5.32 Å². The number of carbonyl (C=O) groups excluding carboxylic acids is 2. The Morgan fingerprint density at radius 2 is 1.62 bits per heavy atom. The van der Waals surface area contributed by atoms with Gasteiger partial charge < -0.3 is 5.32 Å². The summed E-state index contributed by atoms with van der Waals surface area (Å²) >= 11 is 0. The lowest BCUT2D eigenvalue weighted by molar-refractivity contribution is 0.101. The van der Waals surface area contributed by atoms with Crippen LogP contribution in [-0.2, 0) is 0 Å².